The molecule has 2 nitrogen and oxygen atoms in total. The molecule has 4 heteroatoms. The minimum Gasteiger partial charge on any atom is -0.248 e. The Bertz CT molecular complexity index is 881. The second kappa shape index (κ2) is 14.5. The summed E-state index contributed by atoms with van der Waals surface area (Å²) in [5.74, 6) is 1.71. The molecule has 33 heavy (non-hydrogen) atoms. The first-order chi connectivity index (χ1) is 16.2. The van der Waals surface area contributed by atoms with Crippen LogP contribution in [0.5, 0.6) is 0 Å². The van der Waals surface area contributed by atoms with E-state index in [1.54, 1.807) is 0 Å². The summed E-state index contributed by atoms with van der Waals surface area (Å²) in [5, 5.41) is 0. The number of aryl methyl sites for hydroxylation is 2. The molecule has 0 unspecified atom stereocenters. The van der Waals surface area contributed by atoms with E-state index >= 15 is 0 Å². The summed E-state index contributed by atoms with van der Waals surface area (Å²) in [6.07, 6.45) is 21.8. The molecular weight excluding hydrogens is 440 g/mol. The molecule has 0 atom stereocenters. The molecule has 2 aromatic heterocycles. The SMILES string of the molecule is CCCCCCCCc1nc2c(C3=CCCS3)sc(C(C)C)c2nc1CCCCCCCC. The molecule has 0 spiro atoms. The van der Waals surface area contributed by atoms with Crippen molar-refractivity contribution in [2.45, 2.75) is 130 Å². The maximum Gasteiger partial charge on any atom is 0.108 e. The summed E-state index contributed by atoms with van der Waals surface area (Å²) in [5.41, 5.74) is 4.98. The van der Waals surface area contributed by atoms with Crippen molar-refractivity contribution < 1.29 is 0 Å². The Morgan fingerprint density at radius 2 is 1.30 bits per heavy atom. The van der Waals surface area contributed by atoms with E-state index in [-0.39, 0.29) is 0 Å². The van der Waals surface area contributed by atoms with Crippen LogP contribution in [0.4, 0.5) is 0 Å². The van der Waals surface area contributed by atoms with E-state index in [1.165, 1.54) is 126 Å². The summed E-state index contributed by atoms with van der Waals surface area (Å²) in [6, 6.07) is 0. The van der Waals surface area contributed by atoms with Crippen molar-refractivity contribution in [3.8, 4) is 0 Å². The van der Waals surface area contributed by atoms with Crippen LogP contribution in [0.15, 0.2) is 6.08 Å². The van der Waals surface area contributed by atoms with Gasteiger partial charge in [-0.05, 0) is 38.0 Å². The third kappa shape index (κ3) is 7.82. The molecule has 0 bridgehead atoms. The zero-order chi connectivity index (χ0) is 23.5. The van der Waals surface area contributed by atoms with Crippen LogP contribution in [0.1, 0.15) is 138 Å². The third-order valence-corrected chi connectivity index (χ3v) is 9.45. The Hall–Kier alpha value is -0.870. The van der Waals surface area contributed by atoms with Gasteiger partial charge in [-0.15, -0.1) is 23.1 Å². The Labute approximate surface area is 211 Å². The number of thiophene rings is 1. The molecule has 0 saturated heterocycles. The minimum absolute atomic E-state index is 0.499. The fraction of sp³-hybridized carbons (Fsp3) is 0.724. The van der Waals surface area contributed by atoms with Gasteiger partial charge in [0.05, 0.1) is 16.3 Å². The summed E-state index contributed by atoms with van der Waals surface area (Å²) in [7, 11) is 0. The smallest absolute Gasteiger partial charge is 0.108 e. The highest BCUT2D eigenvalue weighted by molar-refractivity contribution is 8.08. The number of fused-ring (bicyclic) bond motifs is 1. The van der Waals surface area contributed by atoms with Crippen LogP contribution in [-0.4, -0.2) is 15.7 Å². The maximum absolute atomic E-state index is 5.38. The molecule has 184 valence electrons. The fourth-order valence-electron chi connectivity index (χ4n) is 4.72. The van der Waals surface area contributed by atoms with Crippen molar-refractivity contribution in [2.24, 2.45) is 0 Å². The summed E-state index contributed by atoms with van der Waals surface area (Å²) < 4.78 is 0. The lowest BCUT2D eigenvalue weighted by Crippen LogP contribution is -2.04. The second-order valence-electron chi connectivity index (χ2n) is 10.0. The predicted octanol–water partition coefficient (Wildman–Crippen LogP) is 10.1. The van der Waals surface area contributed by atoms with Crippen LogP contribution in [-0.2, 0) is 12.8 Å². The highest BCUT2D eigenvalue weighted by Crippen LogP contribution is 2.44. The molecular formula is C29H46N2S2. The first-order valence-electron chi connectivity index (χ1n) is 13.8. The first-order valence-corrected chi connectivity index (χ1v) is 15.6. The lowest BCUT2D eigenvalue weighted by Gasteiger charge is -2.11. The highest BCUT2D eigenvalue weighted by atomic mass is 32.2. The number of hydrogen-bond acceptors (Lipinski definition) is 4. The number of hydrogen-bond donors (Lipinski definition) is 0. The van der Waals surface area contributed by atoms with E-state index in [2.05, 4.69) is 33.8 Å². The van der Waals surface area contributed by atoms with Crippen molar-refractivity contribution >= 4 is 39.0 Å². The van der Waals surface area contributed by atoms with E-state index in [1.807, 2.05) is 23.1 Å². The molecule has 1 aliphatic rings. The number of aromatic nitrogens is 2. The highest BCUT2D eigenvalue weighted by Gasteiger charge is 2.22. The average molecular weight is 487 g/mol. The van der Waals surface area contributed by atoms with Gasteiger partial charge < -0.3 is 0 Å². The number of nitrogens with zero attached hydrogens (tertiary/aromatic N) is 2. The average Bonchev–Trinajstić information content (AvgIpc) is 3.46. The van der Waals surface area contributed by atoms with Crippen LogP contribution in [0, 0.1) is 0 Å². The van der Waals surface area contributed by atoms with Gasteiger partial charge in [0.25, 0.3) is 0 Å². The molecule has 1 aliphatic heterocycles. The van der Waals surface area contributed by atoms with Gasteiger partial charge in [-0.25, -0.2) is 9.97 Å². The minimum atomic E-state index is 0.499. The van der Waals surface area contributed by atoms with Gasteiger partial charge in [0.1, 0.15) is 11.0 Å². The standard InChI is InChI=1S/C29H46N2S2/c1-5-7-9-11-13-15-18-23-24(19-16-14-12-10-8-6-2)31-27-26(30-23)28(22(3)4)33-29(27)25-20-17-21-32-25/h20,22H,5-19,21H2,1-4H3. The summed E-state index contributed by atoms with van der Waals surface area (Å²) >= 11 is 3.96. The van der Waals surface area contributed by atoms with Crippen molar-refractivity contribution in [2.75, 3.05) is 5.75 Å². The van der Waals surface area contributed by atoms with E-state index in [0.717, 1.165) is 12.8 Å². The monoisotopic (exact) mass is 486 g/mol. The number of unbranched alkanes of at least 4 members (excludes halogenated alkanes) is 10. The quantitative estimate of drug-likeness (QED) is 0.221. The van der Waals surface area contributed by atoms with Gasteiger partial charge in [-0.3, -0.25) is 0 Å². The summed E-state index contributed by atoms with van der Waals surface area (Å²) in [6.45, 7) is 9.21. The Morgan fingerprint density at radius 1 is 0.758 bits per heavy atom. The molecule has 0 aliphatic carbocycles. The lowest BCUT2D eigenvalue weighted by molar-refractivity contribution is 0.593. The van der Waals surface area contributed by atoms with Gasteiger partial charge in [0.15, 0.2) is 0 Å². The van der Waals surface area contributed by atoms with E-state index in [0.29, 0.717) is 5.92 Å². The van der Waals surface area contributed by atoms with Crippen LogP contribution < -0.4 is 0 Å². The van der Waals surface area contributed by atoms with Crippen molar-refractivity contribution in [3.63, 3.8) is 0 Å². The van der Waals surface area contributed by atoms with Crippen LogP contribution in [0.25, 0.3) is 15.9 Å². The zero-order valence-electron chi connectivity index (χ0n) is 21.7. The van der Waals surface area contributed by atoms with Gasteiger partial charge in [-0.2, -0.15) is 0 Å². The van der Waals surface area contributed by atoms with Gasteiger partial charge >= 0.3 is 0 Å². The lowest BCUT2D eigenvalue weighted by atomic mass is 10.0. The topological polar surface area (TPSA) is 25.8 Å². The predicted molar refractivity (Wildman–Crippen MR) is 151 cm³/mol. The second-order valence-corrected chi connectivity index (χ2v) is 12.2. The number of allylic oxidation sites excluding steroid dienone is 1. The molecule has 0 radical (unpaired) electrons. The molecule has 0 aromatic carbocycles. The van der Waals surface area contributed by atoms with Crippen LogP contribution in [0.2, 0.25) is 0 Å². The normalized spacial score (nSPS) is 14.0. The Balaban J connectivity index is 1.82. The van der Waals surface area contributed by atoms with Gasteiger partial charge in [0.2, 0.25) is 0 Å². The Morgan fingerprint density at radius 3 is 1.82 bits per heavy atom. The number of thioether (sulfide) groups is 1. The zero-order valence-corrected chi connectivity index (χ0v) is 23.3. The van der Waals surface area contributed by atoms with Crippen LogP contribution >= 0.6 is 23.1 Å². The van der Waals surface area contributed by atoms with E-state index in [4.69, 9.17) is 9.97 Å². The molecule has 0 fully saturated rings. The molecule has 0 N–H and O–H groups in total. The molecule has 0 amide bonds. The largest absolute Gasteiger partial charge is 0.248 e. The van der Waals surface area contributed by atoms with Crippen LogP contribution in [0.3, 0.4) is 0 Å². The van der Waals surface area contributed by atoms with Crippen molar-refractivity contribution in [1.82, 2.24) is 9.97 Å². The molecule has 0 saturated carbocycles. The Kier molecular flexibility index (Phi) is 11.8. The fourth-order valence-corrected chi connectivity index (χ4v) is 7.06. The van der Waals surface area contributed by atoms with Gasteiger partial charge in [0, 0.05) is 15.5 Å². The molecule has 2 aromatic rings. The number of rotatable bonds is 16. The molecule has 3 heterocycles. The maximum atomic E-state index is 5.38. The van der Waals surface area contributed by atoms with E-state index in [9.17, 15) is 0 Å². The third-order valence-electron chi connectivity index (χ3n) is 6.70. The summed E-state index contributed by atoms with van der Waals surface area (Å²) in [4.78, 5) is 15.0. The van der Waals surface area contributed by atoms with Gasteiger partial charge in [-0.1, -0.05) is 98.0 Å². The van der Waals surface area contributed by atoms with E-state index < -0.39 is 0 Å². The molecule has 3 rings (SSSR count). The first kappa shape index (κ1) is 26.7. The van der Waals surface area contributed by atoms with Crippen molar-refractivity contribution in [3.05, 3.63) is 27.2 Å². The van der Waals surface area contributed by atoms with Crippen molar-refractivity contribution in [1.29, 1.82) is 0 Å².